The molecule has 0 bridgehead atoms. The number of amides is 1. The third kappa shape index (κ3) is 4.93. The molecule has 0 saturated carbocycles. The van der Waals surface area contributed by atoms with Gasteiger partial charge in [-0.1, -0.05) is 23.3 Å². The Morgan fingerprint density at radius 2 is 1.96 bits per heavy atom. The number of nitrogens with zero attached hydrogens (tertiary/aromatic N) is 2. The number of sulfone groups is 1. The Morgan fingerprint density at radius 1 is 1.21 bits per heavy atom. The average molecular weight is 418 g/mol. The Labute approximate surface area is 167 Å². The van der Waals surface area contributed by atoms with Crippen LogP contribution in [0.1, 0.15) is 30.2 Å². The van der Waals surface area contributed by atoms with E-state index >= 15 is 0 Å². The highest BCUT2D eigenvalue weighted by Gasteiger charge is 2.19. The highest BCUT2D eigenvalue weighted by atomic mass is 32.2. The lowest BCUT2D eigenvalue weighted by Crippen LogP contribution is -2.13. The topological polar surface area (TPSA) is 102 Å². The molecule has 1 aromatic carbocycles. The Morgan fingerprint density at radius 3 is 2.61 bits per heavy atom. The molecule has 0 fully saturated rings. The summed E-state index contributed by atoms with van der Waals surface area (Å²) in [6.45, 7) is 3.29. The standard InChI is InChI=1S/C19H19N3O4S2/c1-13(2)28(24,25)16-8-5-14(6-9-16)12-18-21-22-19(26-18)20-17(23)10-7-15-4-3-11-27-15/h3-11,13H,12H2,1-2H3,(H,20,22,23)/b10-7+. The van der Waals surface area contributed by atoms with Crippen LogP contribution >= 0.6 is 11.3 Å². The maximum Gasteiger partial charge on any atom is 0.322 e. The van der Waals surface area contributed by atoms with Gasteiger partial charge in [-0.25, -0.2) is 8.42 Å². The lowest BCUT2D eigenvalue weighted by atomic mass is 10.1. The smallest absolute Gasteiger partial charge is 0.322 e. The maximum atomic E-state index is 12.2. The molecule has 9 heteroatoms. The molecule has 2 heterocycles. The number of aromatic nitrogens is 2. The molecule has 0 aliphatic rings. The van der Waals surface area contributed by atoms with Crippen molar-refractivity contribution >= 4 is 39.2 Å². The molecule has 146 valence electrons. The summed E-state index contributed by atoms with van der Waals surface area (Å²) >= 11 is 1.52. The van der Waals surface area contributed by atoms with Gasteiger partial charge < -0.3 is 4.42 Å². The number of anilines is 1. The summed E-state index contributed by atoms with van der Waals surface area (Å²) in [6, 6.07) is 10.4. The molecular weight excluding hydrogens is 398 g/mol. The Kier molecular flexibility index (Phi) is 6.05. The fraction of sp³-hybridized carbons (Fsp3) is 0.211. The van der Waals surface area contributed by atoms with Crippen molar-refractivity contribution in [2.24, 2.45) is 0 Å². The quantitative estimate of drug-likeness (QED) is 0.590. The number of carbonyl (C=O) groups excluding carboxylic acids is 1. The van der Waals surface area contributed by atoms with Gasteiger partial charge in [0.25, 0.3) is 5.91 Å². The van der Waals surface area contributed by atoms with Crippen molar-refractivity contribution in [3.63, 3.8) is 0 Å². The normalized spacial score (nSPS) is 12.0. The second-order valence-corrected chi connectivity index (χ2v) is 9.74. The molecule has 1 N–H and O–H groups in total. The second kappa shape index (κ2) is 8.49. The molecule has 0 atom stereocenters. The highest BCUT2D eigenvalue weighted by molar-refractivity contribution is 7.92. The largest absolute Gasteiger partial charge is 0.407 e. The van der Waals surface area contributed by atoms with E-state index in [-0.39, 0.29) is 16.8 Å². The zero-order chi connectivity index (χ0) is 20.1. The number of nitrogens with one attached hydrogen (secondary N) is 1. The predicted octanol–water partition coefficient (Wildman–Crippen LogP) is 3.56. The number of thiophene rings is 1. The molecule has 3 aromatic rings. The van der Waals surface area contributed by atoms with Gasteiger partial charge in [0.15, 0.2) is 9.84 Å². The summed E-state index contributed by atoms with van der Waals surface area (Å²) < 4.78 is 29.7. The maximum absolute atomic E-state index is 12.2. The molecule has 28 heavy (non-hydrogen) atoms. The summed E-state index contributed by atoms with van der Waals surface area (Å²) in [5, 5.41) is 11.7. The van der Waals surface area contributed by atoms with Crippen LogP contribution in [0, 0.1) is 0 Å². The van der Waals surface area contributed by atoms with Gasteiger partial charge >= 0.3 is 6.01 Å². The monoisotopic (exact) mass is 417 g/mol. The molecule has 0 radical (unpaired) electrons. The summed E-state index contributed by atoms with van der Waals surface area (Å²) in [5.74, 6) is -0.0520. The molecule has 3 rings (SSSR count). The summed E-state index contributed by atoms with van der Waals surface area (Å²) in [7, 11) is -3.30. The van der Waals surface area contributed by atoms with Crippen molar-refractivity contribution in [3.05, 3.63) is 64.2 Å². The van der Waals surface area contributed by atoms with Gasteiger partial charge in [-0.3, -0.25) is 10.1 Å². The van der Waals surface area contributed by atoms with E-state index in [9.17, 15) is 13.2 Å². The van der Waals surface area contributed by atoms with Crippen molar-refractivity contribution in [2.45, 2.75) is 30.4 Å². The van der Waals surface area contributed by atoms with E-state index in [1.165, 1.54) is 17.4 Å². The van der Waals surface area contributed by atoms with Gasteiger partial charge in [-0.15, -0.1) is 16.4 Å². The van der Waals surface area contributed by atoms with E-state index in [0.29, 0.717) is 12.3 Å². The predicted molar refractivity (Wildman–Crippen MR) is 108 cm³/mol. The summed E-state index contributed by atoms with van der Waals surface area (Å²) in [6.07, 6.45) is 3.42. The summed E-state index contributed by atoms with van der Waals surface area (Å²) in [4.78, 5) is 13.1. The van der Waals surface area contributed by atoms with Gasteiger partial charge in [0.05, 0.1) is 16.6 Å². The molecule has 1 amide bonds. The van der Waals surface area contributed by atoms with Gasteiger partial charge in [0, 0.05) is 11.0 Å². The van der Waals surface area contributed by atoms with E-state index in [4.69, 9.17) is 4.42 Å². The molecule has 0 aliphatic heterocycles. The second-order valence-electron chi connectivity index (χ2n) is 6.25. The lowest BCUT2D eigenvalue weighted by Gasteiger charge is -2.08. The third-order valence-corrected chi connectivity index (χ3v) is 6.87. The Hall–Kier alpha value is -2.78. The lowest BCUT2D eigenvalue weighted by molar-refractivity contribution is -0.112. The van der Waals surface area contributed by atoms with Crippen LogP contribution in [0.3, 0.4) is 0 Å². The van der Waals surface area contributed by atoms with Crippen LogP contribution in [0.5, 0.6) is 0 Å². The molecule has 0 spiro atoms. The van der Waals surface area contributed by atoms with Crippen LogP contribution < -0.4 is 5.32 Å². The van der Waals surface area contributed by atoms with Gasteiger partial charge in [0.2, 0.25) is 5.89 Å². The zero-order valence-corrected chi connectivity index (χ0v) is 17.0. The van der Waals surface area contributed by atoms with Gasteiger partial charge in [0.1, 0.15) is 0 Å². The summed E-state index contributed by atoms with van der Waals surface area (Å²) in [5.41, 5.74) is 0.821. The van der Waals surface area contributed by atoms with Crippen LogP contribution in [-0.4, -0.2) is 29.8 Å². The van der Waals surface area contributed by atoms with E-state index in [2.05, 4.69) is 15.5 Å². The first-order valence-electron chi connectivity index (χ1n) is 8.52. The first-order valence-corrected chi connectivity index (χ1v) is 10.9. The highest BCUT2D eigenvalue weighted by Crippen LogP contribution is 2.18. The number of carbonyl (C=O) groups is 1. The SMILES string of the molecule is CC(C)S(=O)(=O)c1ccc(Cc2nnc(NC(=O)/C=C/c3cccs3)o2)cc1. The number of hydrogen-bond acceptors (Lipinski definition) is 7. The number of rotatable bonds is 7. The Bertz CT molecular complexity index is 1070. The molecule has 0 aliphatic carbocycles. The van der Waals surface area contributed by atoms with Crippen LogP contribution in [-0.2, 0) is 21.1 Å². The van der Waals surface area contributed by atoms with Crippen LogP contribution in [0.4, 0.5) is 6.01 Å². The minimum absolute atomic E-state index is 0.00911. The fourth-order valence-corrected chi connectivity index (χ4v) is 3.99. The van der Waals surface area contributed by atoms with E-state index in [0.717, 1.165) is 10.4 Å². The minimum atomic E-state index is -3.30. The van der Waals surface area contributed by atoms with Gasteiger partial charge in [-0.05, 0) is 49.1 Å². The number of hydrogen-bond donors (Lipinski definition) is 1. The van der Waals surface area contributed by atoms with Crippen molar-refractivity contribution < 1.29 is 17.6 Å². The van der Waals surface area contributed by atoms with E-state index in [1.807, 2.05) is 17.5 Å². The van der Waals surface area contributed by atoms with E-state index in [1.54, 1.807) is 44.2 Å². The first-order chi connectivity index (χ1) is 13.3. The zero-order valence-electron chi connectivity index (χ0n) is 15.3. The molecular formula is C19H19N3O4S2. The van der Waals surface area contributed by atoms with Crippen molar-refractivity contribution in [1.82, 2.24) is 10.2 Å². The van der Waals surface area contributed by atoms with Crippen LogP contribution in [0.2, 0.25) is 0 Å². The molecule has 0 unspecified atom stereocenters. The van der Waals surface area contributed by atoms with Crippen LogP contribution in [0.15, 0.2) is 57.2 Å². The first kappa shape index (κ1) is 20.0. The molecule has 7 nitrogen and oxygen atoms in total. The molecule has 2 aromatic heterocycles. The van der Waals surface area contributed by atoms with Crippen LogP contribution in [0.25, 0.3) is 6.08 Å². The Balaban J connectivity index is 1.61. The number of benzene rings is 1. The van der Waals surface area contributed by atoms with E-state index < -0.39 is 15.1 Å². The third-order valence-electron chi connectivity index (χ3n) is 3.87. The average Bonchev–Trinajstić information content (AvgIpc) is 3.32. The fourth-order valence-electron chi connectivity index (χ4n) is 2.31. The van der Waals surface area contributed by atoms with Gasteiger partial charge in [-0.2, -0.15) is 0 Å². The minimum Gasteiger partial charge on any atom is -0.407 e. The van der Waals surface area contributed by atoms with Crippen molar-refractivity contribution in [3.8, 4) is 0 Å². The van der Waals surface area contributed by atoms with Crippen molar-refractivity contribution in [2.75, 3.05) is 5.32 Å². The van der Waals surface area contributed by atoms with Crippen molar-refractivity contribution in [1.29, 1.82) is 0 Å². The molecule has 0 saturated heterocycles.